The summed E-state index contributed by atoms with van der Waals surface area (Å²) in [6.45, 7) is 5.92. The summed E-state index contributed by atoms with van der Waals surface area (Å²) >= 11 is 1.87. The predicted molar refractivity (Wildman–Crippen MR) is 102 cm³/mol. The van der Waals surface area contributed by atoms with Gasteiger partial charge in [0.1, 0.15) is 0 Å². The van der Waals surface area contributed by atoms with Gasteiger partial charge in [0, 0.05) is 35.1 Å². The van der Waals surface area contributed by atoms with Crippen molar-refractivity contribution in [2.24, 2.45) is 5.92 Å². The van der Waals surface area contributed by atoms with Gasteiger partial charge in [-0.2, -0.15) is 0 Å². The Bertz CT molecular complexity index is 825. The predicted octanol–water partition coefficient (Wildman–Crippen LogP) is 3.96. The third-order valence-electron chi connectivity index (χ3n) is 6.03. The summed E-state index contributed by atoms with van der Waals surface area (Å²) in [5.74, 6) is 1.07. The summed E-state index contributed by atoms with van der Waals surface area (Å²) in [4.78, 5) is 20.8. The second kappa shape index (κ2) is 5.68. The fourth-order valence-electron chi connectivity index (χ4n) is 4.55. The number of carbonyl (C=O) groups is 1. The van der Waals surface area contributed by atoms with Crippen LogP contribution in [0.25, 0.3) is 0 Å². The van der Waals surface area contributed by atoms with Crippen LogP contribution in [0.5, 0.6) is 0 Å². The fourth-order valence-corrected chi connectivity index (χ4v) is 5.48. The minimum Gasteiger partial charge on any atom is -0.311 e. The van der Waals surface area contributed by atoms with Crippen molar-refractivity contribution in [2.75, 3.05) is 24.5 Å². The SMILES string of the molecule is Cc1ccc(CN2CC[C@]3(C2)C(=O)N(CC2CC2)c2ccccc23)s1. The van der Waals surface area contributed by atoms with Crippen LogP contribution in [0.15, 0.2) is 36.4 Å². The summed E-state index contributed by atoms with van der Waals surface area (Å²) in [5, 5.41) is 0. The Balaban J connectivity index is 1.43. The van der Waals surface area contributed by atoms with E-state index in [-0.39, 0.29) is 5.41 Å². The summed E-state index contributed by atoms with van der Waals surface area (Å²) in [7, 11) is 0. The highest BCUT2D eigenvalue weighted by Gasteiger charge is 2.54. The number of hydrogen-bond acceptors (Lipinski definition) is 3. The van der Waals surface area contributed by atoms with E-state index in [1.165, 1.54) is 33.8 Å². The molecule has 2 aliphatic heterocycles. The van der Waals surface area contributed by atoms with E-state index in [0.29, 0.717) is 5.91 Å². The Morgan fingerprint density at radius 2 is 2.04 bits per heavy atom. The van der Waals surface area contributed by atoms with Crippen molar-refractivity contribution in [3.63, 3.8) is 0 Å². The highest BCUT2D eigenvalue weighted by molar-refractivity contribution is 7.11. The molecule has 1 saturated heterocycles. The maximum Gasteiger partial charge on any atom is 0.239 e. The maximum atomic E-state index is 13.5. The number of rotatable bonds is 4. The molecular weight excluding hydrogens is 328 g/mol. The lowest BCUT2D eigenvalue weighted by atomic mass is 9.81. The van der Waals surface area contributed by atoms with Gasteiger partial charge in [-0.25, -0.2) is 0 Å². The molecule has 1 atom stereocenters. The number of amides is 1. The highest BCUT2D eigenvalue weighted by Crippen LogP contribution is 2.48. The number of likely N-dealkylation sites (tertiary alicyclic amines) is 1. The molecule has 1 saturated carbocycles. The van der Waals surface area contributed by atoms with E-state index in [9.17, 15) is 4.79 Å². The van der Waals surface area contributed by atoms with Gasteiger partial charge < -0.3 is 4.90 Å². The van der Waals surface area contributed by atoms with Crippen molar-refractivity contribution in [3.8, 4) is 0 Å². The molecule has 5 rings (SSSR count). The second-order valence-electron chi connectivity index (χ2n) is 7.93. The van der Waals surface area contributed by atoms with Crippen LogP contribution in [0, 0.1) is 12.8 Å². The van der Waals surface area contributed by atoms with Gasteiger partial charge in [0.2, 0.25) is 5.91 Å². The number of nitrogens with zero attached hydrogens (tertiary/aromatic N) is 2. The molecule has 1 aromatic carbocycles. The van der Waals surface area contributed by atoms with E-state index < -0.39 is 0 Å². The van der Waals surface area contributed by atoms with Crippen LogP contribution in [-0.2, 0) is 16.8 Å². The summed E-state index contributed by atoms with van der Waals surface area (Å²) in [5.41, 5.74) is 2.14. The molecular formula is C21H24N2OS. The average molecular weight is 353 g/mol. The topological polar surface area (TPSA) is 23.6 Å². The molecule has 4 heteroatoms. The van der Waals surface area contributed by atoms with Crippen molar-refractivity contribution in [1.82, 2.24) is 4.90 Å². The zero-order valence-electron chi connectivity index (χ0n) is 14.7. The second-order valence-corrected chi connectivity index (χ2v) is 9.30. The van der Waals surface area contributed by atoms with Gasteiger partial charge in [0.15, 0.2) is 0 Å². The summed E-state index contributed by atoms with van der Waals surface area (Å²) < 4.78 is 0. The van der Waals surface area contributed by atoms with Crippen LogP contribution < -0.4 is 4.90 Å². The average Bonchev–Trinajstić information content (AvgIpc) is 3.12. The minimum atomic E-state index is -0.308. The van der Waals surface area contributed by atoms with Crippen LogP contribution in [-0.4, -0.2) is 30.4 Å². The molecule has 0 unspecified atom stereocenters. The molecule has 130 valence electrons. The Labute approximate surface area is 153 Å². The standard InChI is InChI=1S/C21H24N2OS/c1-15-6-9-17(25-15)13-22-11-10-21(14-22)18-4-2-3-5-19(18)23(20(21)24)12-16-7-8-16/h2-6,9,16H,7-8,10-14H2,1H3/t21-/m1/s1. The van der Waals surface area contributed by atoms with Crippen molar-refractivity contribution >= 4 is 22.9 Å². The summed E-state index contributed by atoms with van der Waals surface area (Å²) in [6.07, 6.45) is 3.51. The number of thiophene rings is 1. The number of fused-ring (bicyclic) bond motifs is 2. The van der Waals surface area contributed by atoms with Gasteiger partial charge in [-0.1, -0.05) is 18.2 Å². The van der Waals surface area contributed by atoms with Crippen molar-refractivity contribution in [1.29, 1.82) is 0 Å². The molecule has 2 aromatic rings. The first kappa shape index (κ1) is 15.6. The van der Waals surface area contributed by atoms with Gasteiger partial charge in [-0.15, -0.1) is 11.3 Å². The molecule has 3 aliphatic rings. The molecule has 1 aliphatic carbocycles. The van der Waals surface area contributed by atoms with Gasteiger partial charge in [-0.05, 0) is 62.4 Å². The molecule has 3 heterocycles. The minimum absolute atomic E-state index is 0.308. The van der Waals surface area contributed by atoms with Gasteiger partial charge in [-0.3, -0.25) is 9.69 Å². The van der Waals surface area contributed by atoms with Crippen LogP contribution in [0.4, 0.5) is 5.69 Å². The molecule has 1 aromatic heterocycles. The van der Waals surface area contributed by atoms with Gasteiger partial charge in [0.05, 0.1) is 5.41 Å². The monoisotopic (exact) mass is 352 g/mol. The normalized spacial score (nSPS) is 26.0. The van der Waals surface area contributed by atoms with Crippen LogP contribution >= 0.6 is 11.3 Å². The van der Waals surface area contributed by atoms with Gasteiger partial charge in [0.25, 0.3) is 0 Å². The van der Waals surface area contributed by atoms with E-state index >= 15 is 0 Å². The van der Waals surface area contributed by atoms with Crippen molar-refractivity contribution < 1.29 is 4.79 Å². The molecule has 2 fully saturated rings. The number of para-hydroxylation sites is 1. The van der Waals surface area contributed by atoms with E-state index in [0.717, 1.165) is 38.5 Å². The lowest BCUT2D eigenvalue weighted by Gasteiger charge is -2.24. The lowest BCUT2D eigenvalue weighted by molar-refractivity contribution is -0.122. The highest BCUT2D eigenvalue weighted by atomic mass is 32.1. The quantitative estimate of drug-likeness (QED) is 0.832. The van der Waals surface area contributed by atoms with Gasteiger partial charge >= 0.3 is 0 Å². The van der Waals surface area contributed by atoms with E-state index in [1.54, 1.807) is 0 Å². The van der Waals surface area contributed by atoms with E-state index in [2.05, 4.69) is 53.1 Å². The first-order valence-corrected chi connectivity index (χ1v) is 10.2. The molecule has 0 bridgehead atoms. The summed E-state index contributed by atoms with van der Waals surface area (Å²) in [6, 6.07) is 12.9. The Kier molecular flexibility index (Phi) is 3.54. The molecule has 0 radical (unpaired) electrons. The molecule has 0 N–H and O–H groups in total. The molecule has 3 nitrogen and oxygen atoms in total. The molecule has 1 spiro atoms. The third kappa shape index (κ3) is 2.54. The zero-order chi connectivity index (χ0) is 17.0. The van der Waals surface area contributed by atoms with Crippen LogP contribution in [0.2, 0.25) is 0 Å². The van der Waals surface area contributed by atoms with E-state index in [4.69, 9.17) is 0 Å². The van der Waals surface area contributed by atoms with E-state index in [1.807, 2.05) is 11.3 Å². The largest absolute Gasteiger partial charge is 0.311 e. The smallest absolute Gasteiger partial charge is 0.239 e. The first-order chi connectivity index (χ1) is 12.2. The Morgan fingerprint density at radius 3 is 2.80 bits per heavy atom. The number of benzene rings is 1. The van der Waals surface area contributed by atoms with Crippen LogP contribution in [0.1, 0.15) is 34.6 Å². The molecule has 1 amide bonds. The van der Waals surface area contributed by atoms with Crippen molar-refractivity contribution in [2.45, 2.75) is 38.1 Å². The number of aryl methyl sites for hydroxylation is 1. The van der Waals surface area contributed by atoms with Crippen molar-refractivity contribution in [3.05, 3.63) is 51.7 Å². The van der Waals surface area contributed by atoms with Crippen LogP contribution in [0.3, 0.4) is 0 Å². The maximum absolute atomic E-state index is 13.5. The lowest BCUT2D eigenvalue weighted by Crippen LogP contribution is -2.43. The number of anilines is 1. The Hall–Kier alpha value is -1.65. The molecule has 25 heavy (non-hydrogen) atoms. The third-order valence-corrected chi connectivity index (χ3v) is 7.01. The Morgan fingerprint density at radius 1 is 1.20 bits per heavy atom. The fraction of sp³-hybridized carbons (Fsp3) is 0.476. The zero-order valence-corrected chi connectivity index (χ0v) is 15.5. The first-order valence-electron chi connectivity index (χ1n) is 9.35. The number of hydrogen-bond donors (Lipinski definition) is 0. The number of carbonyl (C=O) groups excluding carboxylic acids is 1.